The normalized spacial score (nSPS) is 13.5. The Bertz CT molecular complexity index is 345. The van der Waals surface area contributed by atoms with E-state index < -0.39 is 0 Å². The highest BCUT2D eigenvalue weighted by Gasteiger charge is 2.13. The van der Waals surface area contributed by atoms with Crippen molar-refractivity contribution in [3.63, 3.8) is 0 Å². The fourth-order valence-electron chi connectivity index (χ4n) is 2.31. The molecule has 108 valence electrons. The zero-order valence-electron chi connectivity index (χ0n) is 13.4. The van der Waals surface area contributed by atoms with Crippen molar-refractivity contribution in [3.8, 4) is 0 Å². The summed E-state index contributed by atoms with van der Waals surface area (Å²) in [5.74, 6) is 0. The molecule has 0 amide bonds. The highest BCUT2D eigenvalue weighted by Crippen LogP contribution is 2.22. The lowest BCUT2D eigenvalue weighted by atomic mass is 9.86. The Morgan fingerprint density at radius 3 is 2.16 bits per heavy atom. The zero-order valence-corrected chi connectivity index (χ0v) is 13.4. The van der Waals surface area contributed by atoms with E-state index >= 15 is 0 Å². The van der Waals surface area contributed by atoms with Gasteiger partial charge in [0.1, 0.15) is 0 Å². The summed E-state index contributed by atoms with van der Waals surface area (Å²) < 4.78 is 0. The largest absolute Gasteiger partial charge is 0.314 e. The molecule has 1 heteroatoms. The van der Waals surface area contributed by atoms with Gasteiger partial charge in [0, 0.05) is 6.04 Å². The van der Waals surface area contributed by atoms with Gasteiger partial charge in [-0.1, -0.05) is 58.9 Å². The van der Waals surface area contributed by atoms with E-state index in [9.17, 15) is 0 Å². The maximum absolute atomic E-state index is 3.62. The SMILES string of the molecule is CCCNC(CC)CCc1ccc(C(C)(C)C)cc1. The first-order chi connectivity index (χ1) is 8.97. The third-order valence-corrected chi connectivity index (χ3v) is 3.78. The topological polar surface area (TPSA) is 12.0 Å². The molecule has 1 aromatic rings. The second kappa shape index (κ2) is 7.69. The van der Waals surface area contributed by atoms with Crippen LogP contribution in [0.2, 0.25) is 0 Å². The zero-order chi connectivity index (χ0) is 14.3. The third kappa shape index (κ3) is 5.78. The van der Waals surface area contributed by atoms with E-state index in [1.165, 1.54) is 36.8 Å². The van der Waals surface area contributed by atoms with Gasteiger partial charge in [-0.05, 0) is 48.8 Å². The van der Waals surface area contributed by atoms with E-state index in [1.54, 1.807) is 0 Å². The molecular weight excluding hydrogens is 230 g/mol. The molecule has 0 aliphatic carbocycles. The van der Waals surface area contributed by atoms with Gasteiger partial charge in [-0.15, -0.1) is 0 Å². The minimum absolute atomic E-state index is 0.257. The van der Waals surface area contributed by atoms with Gasteiger partial charge in [0.25, 0.3) is 0 Å². The summed E-state index contributed by atoms with van der Waals surface area (Å²) in [6.45, 7) is 12.4. The molecule has 0 saturated carbocycles. The van der Waals surface area contributed by atoms with Crippen LogP contribution in [0, 0.1) is 0 Å². The van der Waals surface area contributed by atoms with Crippen molar-refractivity contribution in [2.75, 3.05) is 6.54 Å². The molecule has 1 atom stereocenters. The molecule has 1 aromatic carbocycles. The molecule has 0 spiro atoms. The number of hydrogen-bond acceptors (Lipinski definition) is 1. The van der Waals surface area contributed by atoms with Crippen LogP contribution in [-0.4, -0.2) is 12.6 Å². The molecule has 0 bridgehead atoms. The predicted octanol–water partition coefficient (Wildman–Crippen LogP) is 4.69. The quantitative estimate of drug-likeness (QED) is 0.750. The summed E-state index contributed by atoms with van der Waals surface area (Å²) >= 11 is 0. The number of aryl methyl sites for hydroxylation is 1. The summed E-state index contributed by atoms with van der Waals surface area (Å²) in [7, 11) is 0. The molecule has 0 aliphatic rings. The van der Waals surface area contributed by atoms with Crippen LogP contribution in [0.15, 0.2) is 24.3 Å². The standard InChI is InChI=1S/C18H31N/c1-6-14-19-17(7-2)13-10-15-8-11-16(12-9-15)18(3,4)5/h8-9,11-12,17,19H,6-7,10,13-14H2,1-5H3. The first kappa shape index (κ1) is 16.2. The van der Waals surface area contributed by atoms with Gasteiger partial charge in [-0.25, -0.2) is 0 Å². The lowest BCUT2D eigenvalue weighted by Crippen LogP contribution is -2.29. The fourth-order valence-corrected chi connectivity index (χ4v) is 2.31. The van der Waals surface area contributed by atoms with Crippen LogP contribution in [0.3, 0.4) is 0 Å². The summed E-state index contributed by atoms with van der Waals surface area (Å²) in [4.78, 5) is 0. The lowest BCUT2D eigenvalue weighted by Gasteiger charge is -2.20. The van der Waals surface area contributed by atoms with Gasteiger partial charge < -0.3 is 5.32 Å². The Labute approximate surface area is 119 Å². The van der Waals surface area contributed by atoms with Crippen molar-refractivity contribution in [3.05, 3.63) is 35.4 Å². The number of benzene rings is 1. The number of hydrogen-bond donors (Lipinski definition) is 1. The molecule has 0 saturated heterocycles. The summed E-state index contributed by atoms with van der Waals surface area (Å²) in [5, 5.41) is 3.62. The van der Waals surface area contributed by atoms with Crippen LogP contribution >= 0.6 is 0 Å². The minimum Gasteiger partial charge on any atom is -0.314 e. The van der Waals surface area contributed by atoms with Gasteiger partial charge in [-0.3, -0.25) is 0 Å². The molecule has 1 unspecified atom stereocenters. The molecule has 1 N–H and O–H groups in total. The van der Waals surface area contributed by atoms with E-state index in [0.29, 0.717) is 6.04 Å². The van der Waals surface area contributed by atoms with E-state index in [1.807, 2.05) is 0 Å². The van der Waals surface area contributed by atoms with Crippen LogP contribution in [0.25, 0.3) is 0 Å². The maximum Gasteiger partial charge on any atom is 0.00676 e. The van der Waals surface area contributed by atoms with Crippen molar-refractivity contribution in [2.24, 2.45) is 0 Å². The van der Waals surface area contributed by atoms with E-state index in [0.717, 1.165) is 6.54 Å². The fraction of sp³-hybridized carbons (Fsp3) is 0.667. The molecule has 19 heavy (non-hydrogen) atoms. The molecule has 0 aliphatic heterocycles. The van der Waals surface area contributed by atoms with E-state index in [2.05, 4.69) is 64.2 Å². The summed E-state index contributed by atoms with van der Waals surface area (Å²) in [5.41, 5.74) is 3.14. The number of nitrogens with one attached hydrogen (secondary N) is 1. The highest BCUT2D eigenvalue weighted by atomic mass is 14.9. The average Bonchev–Trinajstić information content (AvgIpc) is 2.38. The minimum atomic E-state index is 0.257. The molecule has 0 radical (unpaired) electrons. The van der Waals surface area contributed by atoms with Gasteiger partial charge in [0.15, 0.2) is 0 Å². The van der Waals surface area contributed by atoms with E-state index in [4.69, 9.17) is 0 Å². The predicted molar refractivity (Wildman–Crippen MR) is 85.8 cm³/mol. The first-order valence-corrected chi connectivity index (χ1v) is 7.80. The second-order valence-corrected chi connectivity index (χ2v) is 6.54. The van der Waals surface area contributed by atoms with Crippen molar-refractivity contribution in [1.82, 2.24) is 5.32 Å². The Hall–Kier alpha value is -0.820. The number of rotatable bonds is 7. The Morgan fingerprint density at radius 1 is 1.05 bits per heavy atom. The Kier molecular flexibility index (Phi) is 6.57. The maximum atomic E-state index is 3.62. The Balaban J connectivity index is 2.49. The van der Waals surface area contributed by atoms with Gasteiger partial charge in [-0.2, -0.15) is 0 Å². The lowest BCUT2D eigenvalue weighted by molar-refractivity contribution is 0.468. The average molecular weight is 261 g/mol. The molecule has 0 heterocycles. The molecular formula is C18H31N. The van der Waals surface area contributed by atoms with Crippen LogP contribution in [0.4, 0.5) is 0 Å². The van der Waals surface area contributed by atoms with Gasteiger partial charge in [0.2, 0.25) is 0 Å². The van der Waals surface area contributed by atoms with Crippen LogP contribution in [0.5, 0.6) is 0 Å². The monoisotopic (exact) mass is 261 g/mol. The third-order valence-electron chi connectivity index (χ3n) is 3.78. The van der Waals surface area contributed by atoms with Crippen LogP contribution < -0.4 is 5.32 Å². The molecule has 0 aromatic heterocycles. The molecule has 1 rings (SSSR count). The summed E-state index contributed by atoms with van der Waals surface area (Å²) in [6.07, 6.45) is 4.86. The summed E-state index contributed by atoms with van der Waals surface area (Å²) in [6, 6.07) is 9.84. The molecule has 0 fully saturated rings. The van der Waals surface area contributed by atoms with Crippen molar-refractivity contribution in [1.29, 1.82) is 0 Å². The van der Waals surface area contributed by atoms with Gasteiger partial charge >= 0.3 is 0 Å². The van der Waals surface area contributed by atoms with Crippen molar-refractivity contribution >= 4 is 0 Å². The highest BCUT2D eigenvalue weighted by molar-refractivity contribution is 5.27. The van der Waals surface area contributed by atoms with Gasteiger partial charge in [0.05, 0.1) is 0 Å². The van der Waals surface area contributed by atoms with Crippen LogP contribution in [-0.2, 0) is 11.8 Å². The van der Waals surface area contributed by atoms with E-state index in [-0.39, 0.29) is 5.41 Å². The smallest absolute Gasteiger partial charge is 0.00676 e. The first-order valence-electron chi connectivity index (χ1n) is 7.80. The second-order valence-electron chi connectivity index (χ2n) is 6.54. The van der Waals surface area contributed by atoms with Crippen molar-refractivity contribution < 1.29 is 0 Å². The Morgan fingerprint density at radius 2 is 1.68 bits per heavy atom. The van der Waals surface area contributed by atoms with Crippen LogP contribution in [0.1, 0.15) is 65.0 Å². The van der Waals surface area contributed by atoms with Crippen molar-refractivity contribution in [2.45, 2.75) is 71.8 Å². The molecule has 1 nitrogen and oxygen atoms in total.